The first kappa shape index (κ1) is 15.3. The molecule has 0 aliphatic carbocycles. The van der Waals surface area contributed by atoms with Crippen LogP contribution in [-0.2, 0) is 6.42 Å². The summed E-state index contributed by atoms with van der Waals surface area (Å²) in [6, 6.07) is 8.64. The van der Waals surface area contributed by atoms with Gasteiger partial charge in [-0.05, 0) is 44.4 Å². The summed E-state index contributed by atoms with van der Waals surface area (Å²) in [5.74, 6) is 0. The van der Waals surface area contributed by atoms with Gasteiger partial charge in [-0.3, -0.25) is 0 Å². The molecule has 100 valence electrons. The van der Waals surface area contributed by atoms with E-state index in [1.165, 1.54) is 31.2 Å². The molecule has 1 N–H and O–H groups in total. The van der Waals surface area contributed by atoms with Gasteiger partial charge in [0.1, 0.15) is 0 Å². The molecule has 0 aromatic heterocycles. The standard InChI is InChI=1S/C16H24ClN/c1-3-4-5-6-7-11-15(18-2)13-14-10-8-9-12-16(14)17/h3,8-10,12,15,18H,1,4-7,11,13H2,2H3. The number of halogens is 1. The van der Waals surface area contributed by atoms with Crippen LogP contribution in [0.25, 0.3) is 0 Å². The molecule has 18 heavy (non-hydrogen) atoms. The van der Waals surface area contributed by atoms with E-state index in [2.05, 4.69) is 24.0 Å². The highest BCUT2D eigenvalue weighted by atomic mass is 35.5. The van der Waals surface area contributed by atoms with Crippen molar-refractivity contribution in [3.05, 3.63) is 47.5 Å². The van der Waals surface area contributed by atoms with Crippen LogP contribution in [0.5, 0.6) is 0 Å². The summed E-state index contributed by atoms with van der Waals surface area (Å²) in [5, 5.41) is 4.27. The van der Waals surface area contributed by atoms with Gasteiger partial charge in [-0.15, -0.1) is 6.58 Å². The zero-order valence-electron chi connectivity index (χ0n) is 11.3. The summed E-state index contributed by atoms with van der Waals surface area (Å²) in [4.78, 5) is 0. The van der Waals surface area contributed by atoms with E-state index in [1.54, 1.807) is 0 Å². The van der Waals surface area contributed by atoms with Gasteiger partial charge >= 0.3 is 0 Å². The second kappa shape index (κ2) is 9.18. The van der Waals surface area contributed by atoms with Gasteiger partial charge in [0.2, 0.25) is 0 Å². The van der Waals surface area contributed by atoms with Crippen molar-refractivity contribution in [2.24, 2.45) is 0 Å². The van der Waals surface area contributed by atoms with E-state index in [9.17, 15) is 0 Å². The van der Waals surface area contributed by atoms with Gasteiger partial charge in [-0.1, -0.05) is 48.7 Å². The highest BCUT2D eigenvalue weighted by molar-refractivity contribution is 6.31. The molecule has 0 amide bonds. The molecule has 0 bridgehead atoms. The fourth-order valence-electron chi connectivity index (χ4n) is 2.13. The molecule has 0 saturated carbocycles. The van der Waals surface area contributed by atoms with Crippen molar-refractivity contribution in [2.45, 2.75) is 44.6 Å². The van der Waals surface area contributed by atoms with Crippen molar-refractivity contribution in [3.8, 4) is 0 Å². The van der Waals surface area contributed by atoms with E-state index in [1.807, 2.05) is 25.3 Å². The van der Waals surface area contributed by atoms with E-state index in [4.69, 9.17) is 11.6 Å². The molecule has 0 radical (unpaired) electrons. The maximum absolute atomic E-state index is 6.19. The minimum absolute atomic E-state index is 0.522. The highest BCUT2D eigenvalue weighted by Crippen LogP contribution is 2.18. The highest BCUT2D eigenvalue weighted by Gasteiger charge is 2.08. The maximum Gasteiger partial charge on any atom is 0.0438 e. The third-order valence-corrected chi connectivity index (χ3v) is 3.66. The number of rotatable bonds is 9. The molecule has 0 heterocycles. The van der Waals surface area contributed by atoms with E-state index >= 15 is 0 Å². The number of likely N-dealkylation sites (N-methyl/N-ethyl adjacent to an activating group) is 1. The van der Waals surface area contributed by atoms with Crippen LogP contribution < -0.4 is 5.32 Å². The molecule has 0 spiro atoms. The fraction of sp³-hybridized carbons (Fsp3) is 0.500. The SMILES string of the molecule is C=CCCCCCC(Cc1ccccc1Cl)NC. The van der Waals surface area contributed by atoms with Gasteiger partial charge in [0.25, 0.3) is 0 Å². The van der Waals surface area contributed by atoms with E-state index in [0.29, 0.717) is 6.04 Å². The summed E-state index contributed by atoms with van der Waals surface area (Å²) in [6.07, 6.45) is 9.16. The summed E-state index contributed by atoms with van der Waals surface area (Å²) < 4.78 is 0. The molecule has 0 saturated heterocycles. The Morgan fingerprint density at radius 3 is 2.72 bits per heavy atom. The van der Waals surface area contributed by atoms with E-state index in [-0.39, 0.29) is 0 Å². The molecular weight excluding hydrogens is 242 g/mol. The summed E-state index contributed by atoms with van der Waals surface area (Å²) in [5.41, 5.74) is 1.24. The topological polar surface area (TPSA) is 12.0 Å². The van der Waals surface area contributed by atoms with E-state index in [0.717, 1.165) is 17.9 Å². The van der Waals surface area contributed by atoms with Gasteiger partial charge in [-0.25, -0.2) is 0 Å². The number of benzene rings is 1. The van der Waals surface area contributed by atoms with Gasteiger partial charge in [0.15, 0.2) is 0 Å². The maximum atomic E-state index is 6.19. The van der Waals surface area contributed by atoms with Crippen molar-refractivity contribution in [2.75, 3.05) is 7.05 Å². The molecule has 1 unspecified atom stereocenters. The molecule has 0 aliphatic rings. The lowest BCUT2D eigenvalue weighted by molar-refractivity contribution is 0.487. The Morgan fingerprint density at radius 2 is 2.06 bits per heavy atom. The zero-order chi connectivity index (χ0) is 13.2. The Balaban J connectivity index is 2.33. The Hall–Kier alpha value is -0.790. The van der Waals surface area contributed by atoms with Crippen LogP contribution in [0.2, 0.25) is 5.02 Å². The average Bonchev–Trinajstić information content (AvgIpc) is 2.39. The molecule has 1 nitrogen and oxygen atoms in total. The third-order valence-electron chi connectivity index (χ3n) is 3.29. The first-order chi connectivity index (χ1) is 8.77. The number of unbranched alkanes of at least 4 members (excludes halogenated alkanes) is 3. The lowest BCUT2D eigenvalue weighted by Gasteiger charge is -2.16. The zero-order valence-corrected chi connectivity index (χ0v) is 12.0. The van der Waals surface area contributed by atoms with E-state index < -0.39 is 0 Å². The van der Waals surface area contributed by atoms with Crippen LogP contribution in [0.1, 0.15) is 37.7 Å². The summed E-state index contributed by atoms with van der Waals surface area (Å²) in [6.45, 7) is 3.75. The predicted octanol–water partition coefficient (Wildman–Crippen LogP) is 4.61. The molecule has 1 aromatic rings. The smallest absolute Gasteiger partial charge is 0.0438 e. The van der Waals surface area contributed by atoms with Gasteiger partial charge in [0, 0.05) is 11.1 Å². The predicted molar refractivity (Wildman–Crippen MR) is 81.3 cm³/mol. The van der Waals surface area contributed by atoms with Crippen molar-refractivity contribution >= 4 is 11.6 Å². The monoisotopic (exact) mass is 265 g/mol. The first-order valence-corrected chi connectivity index (χ1v) is 7.17. The van der Waals surface area contributed by atoms with Crippen molar-refractivity contribution in [1.29, 1.82) is 0 Å². The minimum Gasteiger partial charge on any atom is -0.317 e. The lowest BCUT2D eigenvalue weighted by atomic mass is 10.00. The minimum atomic E-state index is 0.522. The molecule has 0 aliphatic heterocycles. The quantitative estimate of drug-likeness (QED) is 0.508. The summed E-state index contributed by atoms with van der Waals surface area (Å²) >= 11 is 6.19. The molecule has 1 atom stereocenters. The van der Waals surface area contributed by atoms with Crippen LogP contribution in [0.15, 0.2) is 36.9 Å². The molecule has 0 fully saturated rings. The van der Waals surface area contributed by atoms with Crippen molar-refractivity contribution in [1.82, 2.24) is 5.32 Å². The van der Waals surface area contributed by atoms with Gasteiger partial charge in [-0.2, -0.15) is 0 Å². The molecule has 2 heteroatoms. The molecule has 1 aromatic carbocycles. The van der Waals surface area contributed by atoms with Gasteiger partial charge < -0.3 is 5.32 Å². The second-order valence-electron chi connectivity index (χ2n) is 4.71. The number of hydrogen-bond donors (Lipinski definition) is 1. The van der Waals surface area contributed by atoms with Crippen molar-refractivity contribution in [3.63, 3.8) is 0 Å². The Labute approximate surface area is 116 Å². The lowest BCUT2D eigenvalue weighted by Crippen LogP contribution is -2.27. The number of nitrogens with one attached hydrogen (secondary N) is 1. The number of allylic oxidation sites excluding steroid dienone is 1. The van der Waals surface area contributed by atoms with Crippen molar-refractivity contribution < 1.29 is 0 Å². The summed E-state index contributed by atoms with van der Waals surface area (Å²) in [7, 11) is 2.03. The normalized spacial score (nSPS) is 12.3. The van der Waals surface area contributed by atoms with Crippen LogP contribution in [0, 0.1) is 0 Å². The van der Waals surface area contributed by atoms with Crippen LogP contribution in [0.3, 0.4) is 0 Å². The Kier molecular flexibility index (Phi) is 7.79. The second-order valence-corrected chi connectivity index (χ2v) is 5.12. The third kappa shape index (κ3) is 5.70. The molecule has 1 rings (SSSR count). The van der Waals surface area contributed by atoms with Gasteiger partial charge in [0.05, 0.1) is 0 Å². The van der Waals surface area contributed by atoms with Crippen LogP contribution in [-0.4, -0.2) is 13.1 Å². The molecular formula is C16H24ClN. The number of hydrogen-bond acceptors (Lipinski definition) is 1. The Morgan fingerprint density at radius 1 is 1.28 bits per heavy atom. The average molecular weight is 266 g/mol. The fourth-order valence-corrected chi connectivity index (χ4v) is 2.35. The first-order valence-electron chi connectivity index (χ1n) is 6.79. The Bertz CT molecular complexity index is 349. The largest absolute Gasteiger partial charge is 0.317 e. The van der Waals surface area contributed by atoms with Crippen LogP contribution in [0.4, 0.5) is 0 Å². The van der Waals surface area contributed by atoms with Crippen LogP contribution >= 0.6 is 11.6 Å².